The first-order valence-corrected chi connectivity index (χ1v) is 7.08. The molecule has 0 aliphatic carbocycles. The number of ether oxygens (including phenoxy) is 5. The predicted molar refractivity (Wildman–Crippen MR) is 73.0 cm³/mol. The molecule has 0 saturated carbocycles. The summed E-state index contributed by atoms with van der Waals surface area (Å²) in [6, 6.07) is 8.58. The van der Waals surface area contributed by atoms with Gasteiger partial charge in [-0.15, -0.1) is 0 Å². The van der Waals surface area contributed by atoms with Gasteiger partial charge in [-0.3, -0.25) is 0 Å². The smallest absolute Gasteiger partial charge is 0.338 e. The maximum Gasteiger partial charge on any atom is 0.338 e. The van der Waals surface area contributed by atoms with Crippen molar-refractivity contribution in [1.29, 1.82) is 0 Å². The third kappa shape index (κ3) is 3.45. The maximum atomic E-state index is 12.2. The van der Waals surface area contributed by atoms with Crippen LogP contribution in [0.2, 0.25) is 0 Å². The largest absolute Gasteiger partial charge is 0.453 e. The van der Waals surface area contributed by atoms with Crippen LogP contribution in [0.15, 0.2) is 30.3 Å². The summed E-state index contributed by atoms with van der Waals surface area (Å²) in [7, 11) is 0. The number of aliphatic hydroxyl groups excluding tert-OH is 1. The second-order valence-electron chi connectivity index (χ2n) is 5.11. The SMILES string of the molecule is O=C(O[C@H]([C@H](O)[C@@H]1COCO1)[C@H]1COCO1)c1ccccc1. The van der Waals surface area contributed by atoms with E-state index in [0.717, 1.165) is 0 Å². The minimum Gasteiger partial charge on any atom is -0.453 e. The van der Waals surface area contributed by atoms with Gasteiger partial charge >= 0.3 is 5.97 Å². The molecule has 1 aromatic carbocycles. The standard InChI is InChI=1S/C15H18O7/c16-13(11-6-18-8-20-11)14(12-7-19-9-21-12)22-15(17)10-4-2-1-3-5-10/h1-5,11-14,16H,6-9H2/t11-,12+,13+,14-/m0/s1. The molecule has 0 bridgehead atoms. The Labute approximate surface area is 127 Å². The summed E-state index contributed by atoms with van der Waals surface area (Å²) in [5.74, 6) is -0.529. The average molecular weight is 310 g/mol. The predicted octanol–water partition coefficient (Wildman–Crippen LogP) is 0.319. The van der Waals surface area contributed by atoms with Crippen molar-refractivity contribution in [3.05, 3.63) is 35.9 Å². The van der Waals surface area contributed by atoms with Gasteiger partial charge in [-0.1, -0.05) is 18.2 Å². The van der Waals surface area contributed by atoms with Crippen molar-refractivity contribution in [1.82, 2.24) is 0 Å². The van der Waals surface area contributed by atoms with Gasteiger partial charge in [0.25, 0.3) is 0 Å². The van der Waals surface area contributed by atoms with Crippen molar-refractivity contribution < 1.29 is 33.6 Å². The number of aliphatic hydroxyl groups is 1. The average Bonchev–Trinajstić information content (AvgIpc) is 3.25. The van der Waals surface area contributed by atoms with E-state index in [1.54, 1.807) is 30.3 Å². The molecule has 0 aromatic heterocycles. The fraction of sp³-hybridized carbons (Fsp3) is 0.533. The van der Waals surface area contributed by atoms with E-state index < -0.39 is 30.4 Å². The number of esters is 1. The Bertz CT molecular complexity index is 480. The lowest BCUT2D eigenvalue weighted by atomic mass is 10.0. The normalized spacial score (nSPS) is 27.5. The molecular weight excluding hydrogens is 292 g/mol. The van der Waals surface area contributed by atoms with Crippen molar-refractivity contribution in [3.8, 4) is 0 Å². The lowest BCUT2D eigenvalue weighted by molar-refractivity contribution is -0.115. The van der Waals surface area contributed by atoms with Gasteiger partial charge in [-0.2, -0.15) is 0 Å². The molecule has 1 N–H and O–H groups in total. The molecule has 4 atom stereocenters. The Balaban J connectivity index is 1.71. The first-order chi connectivity index (χ1) is 10.8. The molecule has 7 heteroatoms. The van der Waals surface area contributed by atoms with Gasteiger partial charge in [0, 0.05) is 0 Å². The van der Waals surface area contributed by atoms with E-state index in [1.165, 1.54) is 0 Å². The van der Waals surface area contributed by atoms with E-state index in [1.807, 2.05) is 0 Å². The minimum absolute atomic E-state index is 0.110. The Morgan fingerprint density at radius 1 is 1.09 bits per heavy atom. The summed E-state index contributed by atoms with van der Waals surface area (Å²) in [5.41, 5.74) is 0.405. The van der Waals surface area contributed by atoms with Crippen molar-refractivity contribution >= 4 is 5.97 Å². The first kappa shape index (κ1) is 15.4. The third-order valence-electron chi connectivity index (χ3n) is 3.63. The highest BCUT2D eigenvalue weighted by molar-refractivity contribution is 5.89. The molecule has 2 heterocycles. The lowest BCUT2D eigenvalue weighted by Gasteiger charge is -2.29. The second-order valence-corrected chi connectivity index (χ2v) is 5.11. The van der Waals surface area contributed by atoms with Crippen molar-refractivity contribution in [2.75, 3.05) is 26.8 Å². The molecule has 2 saturated heterocycles. The van der Waals surface area contributed by atoms with Crippen LogP contribution >= 0.6 is 0 Å². The Kier molecular flexibility index (Phi) is 5.01. The number of hydrogen-bond donors (Lipinski definition) is 1. The Morgan fingerprint density at radius 2 is 1.73 bits per heavy atom. The van der Waals surface area contributed by atoms with E-state index in [0.29, 0.717) is 5.56 Å². The van der Waals surface area contributed by atoms with Crippen LogP contribution in [0.25, 0.3) is 0 Å². The van der Waals surface area contributed by atoms with Crippen LogP contribution in [0.1, 0.15) is 10.4 Å². The molecule has 0 spiro atoms. The third-order valence-corrected chi connectivity index (χ3v) is 3.63. The van der Waals surface area contributed by atoms with Gasteiger partial charge in [-0.05, 0) is 12.1 Å². The molecule has 0 radical (unpaired) electrons. The zero-order valence-corrected chi connectivity index (χ0v) is 11.9. The molecule has 2 aliphatic rings. The monoisotopic (exact) mass is 310 g/mol. The summed E-state index contributed by atoms with van der Waals surface area (Å²) in [6.07, 6.45) is -3.03. The van der Waals surface area contributed by atoms with Gasteiger partial charge in [0.2, 0.25) is 0 Å². The summed E-state index contributed by atoms with van der Waals surface area (Å²) in [4.78, 5) is 12.2. The number of carbonyl (C=O) groups excluding carboxylic acids is 1. The van der Waals surface area contributed by atoms with Crippen LogP contribution in [0.4, 0.5) is 0 Å². The Hall–Kier alpha value is -1.51. The molecule has 2 aliphatic heterocycles. The zero-order valence-electron chi connectivity index (χ0n) is 11.9. The van der Waals surface area contributed by atoms with Gasteiger partial charge in [-0.25, -0.2) is 4.79 Å². The highest BCUT2D eigenvalue weighted by atomic mass is 16.7. The van der Waals surface area contributed by atoms with E-state index in [4.69, 9.17) is 23.7 Å². The topological polar surface area (TPSA) is 83.5 Å². The van der Waals surface area contributed by atoms with Gasteiger partial charge in [0.15, 0.2) is 6.10 Å². The summed E-state index contributed by atoms with van der Waals surface area (Å²) in [6.45, 7) is 0.716. The Morgan fingerprint density at radius 3 is 2.32 bits per heavy atom. The summed E-state index contributed by atoms with van der Waals surface area (Å²) < 4.78 is 26.4. The fourth-order valence-corrected chi connectivity index (χ4v) is 2.43. The number of rotatable bonds is 5. The molecule has 7 nitrogen and oxygen atoms in total. The van der Waals surface area contributed by atoms with E-state index >= 15 is 0 Å². The van der Waals surface area contributed by atoms with E-state index in [9.17, 15) is 9.90 Å². The van der Waals surface area contributed by atoms with E-state index in [2.05, 4.69) is 0 Å². The molecule has 22 heavy (non-hydrogen) atoms. The number of carbonyl (C=O) groups is 1. The molecule has 2 fully saturated rings. The van der Waals surface area contributed by atoms with Crippen molar-refractivity contribution in [2.24, 2.45) is 0 Å². The van der Waals surface area contributed by atoms with Crippen LogP contribution < -0.4 is 0 Å². The number of benzene rings is 1. The first-order valence-electron chi connectivity index (χ1n) is 7.08. The number of hydrogen-bond acceptors (Lipinski definition) is 7. The second kappa shape index (κ2) is 7.17. The summed E-state index contributed by atoms with van der Waals surface area (Å²) >= 11 is 0. The van der Waals surface area contributed by atoms with Crippen LogP contribution in [0, 0.1) is 0 Å². The van der Waals surface area contributed by atoms with Crippen molar-refractivity contribution in [3.63, 3.8) is 0 Å². The van der Waals surface area contributed by atoms with Crippen LogP contribution in [-0.4, -0.2) is 62.3 Å². The molecule has 120 valence electrons. The van der Waals surface area contributed by atoms with Crippen LogP contribution in [0.3, 0.4) is 0 Å². The van der Waals surface area contributed by atoms with E-state index in [-0.39, 0.29) is 26.8 Å². The highest BCUT2D eigenvalue weighted by Crippen LogP contribution is 2.21. The van der Waals surface area contributed by atoms with Gasteiger partial charge in [0.1, 0.15) is 31.9 Å². The van der Waals surface area contributed by atoms with Crippen LogP contribution in [0.5, 0.6) is 0 Å². The quantitative estimate of drug-likeness (QED) is 0.784. The maximum absolute atomic E-state index is 12.2. The lowest BCUT2D eigenvalue weighted by Crippen LogP contribution is -2.48. The van der Waals surface area contributed by atoms with Crippen molar-refractivity contribution in [2.45, 2.75) is 24.4 Å². The minimum atomic E-state index is -1.05. The molecule has 1 aromatic rings. The van der Waals surface area contributed by atoms with Gasteiger partial charge in [0.05, 0.1) is 18.8 Å². The molecular formula is C15H18O7. The fourth-order valence-electron chi connectivity index (χ4n) is 2.43. The molecule has 3 rings (SSSR count). The van der Waals surface area contributed by atoms with Crippen LogP contribution in [-0.2, 0) is 23.7 Å². The molecule has 0 unspecified atom stereocenters. The zero-order chi connectivity index (χ0) is 15.4. The summed E-state index contributed by atoms with van der Waals surface area (Å²) in [5, 5.41) is 10.4. The van der Waals surface area contributed by atoms with Gasteiger partial charge < -0.3 is 28.8 Å². The molecule has 0 amide bonds. The highest BCUT2D eigenvalue weighted by Gasteiger charge is 2.41.